The van der Waals surface area contributed by atoms with Gasteiger partial charge in [0, 0.05) is 31.7 Å². The molecule has 2 N–H and O–H groups in total. The SMILES string of the molecule is COc1cc(C(=O)N2CCN(S(N)(=O)=O)CC2)ccc1F. The number of piperazine rings is 1. The molecule has 0 saturated carbocycles. The molecule has 7 nitrogen and oxygen atoms in total. The number of nitrogens with two attached hydrogens (primary N) is 1. The molecule has 0 spiro atoms. The lowest BCUT2D eigenvalue weighted by atomic mass is 10.1. The van der Waals surface area contributed by atoms with E-state index in [1.165, 1.54) is 24.1 Å². The Morgan fingerprint density at radius 2 is 1.90 bits per heavy atom. The van der Waals surface area contributed by atoms with Gasteiger partial charge in [-0.15, -0.1) is 0 Å². The molecule has 1 saturated heterocycles. The molecule has 0 radical (unpaired) electrons. The minimum absolute atomic E-state index is 0.0102. The maximum absolute atomic E-state index is 13.3. The lowest BCUT2D eigenvalue weighted by molar-refractivity contribution is 0.0697. The third-order valence-corrected chi connectivity index (χ3v) is 4.37. The van der Waals surface area contributed by atoms with Crippen molar-refractivity contribution < 1.29 is 22.3 Å². The van der Waals surface area contributed by atoms with E-state index in [1.54, 1.807) is 0 Å². The second-order valence-electron chi connectivity index (χ2n) is 4.59. The molecule has 9 heteroatoms. The maximum Gasteiger partial charge on any atom is 0.277 e. The smallest absolute Gasteiger partial charge is 0.277 e. The number of rotatable bonds is 3. The van der Waals surface area contributed by atoms with Crippen LogP contribution < -0.4 is 9.88 Å². The molecular weight excluding hydrogens is 301 g/mol. The Kier molecular flexibility index (Phi) is 4.45. The fraction of sp³-hybridized carbons (Fsp3) is 0.417. The van der Waals surface area contributed by atoms with E-state index in [4.69, 9.17) is 9.88 Å². The first kappa shape index (κ1) is 15.7. The molecule has 21 heavy (non-hydrogen) atoms. The number of methoxy groups -OCH3 is 1. The monoisotopic (exact) mass is 317 g/mol. The van der Waals surface area contributed by atoms with E-state index in [0.29, 0.717) is 0 Å². The van der Waals surface area contributed by atoms with Crippen LogP contribution in [-0.4, -0.2) is 56.8 Å². The largest absolute Gasteiger partial charge is 0.494 e. The number of ether oxygens (including phenoxy) is 1. The number of carbonyl (C=O) groups excluding carboxylic acids is 1. The minimum atomic E-state index is -3.73. The van der Waals surface area contributed by atoms with E-state index < -0.39 is 16.0 Å². The van der Waals surface area contributed by atoms with Crippen molar-refractivity contribution in [2.75, 3.05) is 33.3 Å². The molecule has 0 aliphatic carbocycles. The zero-order chi connectivity index (χ0) is 15.6. The number of amides is 1. The predicted molar refractivity (Wildman–Crippen MR) is 73.5 cm³/mol. The molecule has 1 aliphatic rings. The summed E-state index contributed by atoms with van der Waals surface area (Å²) in [7, 11) is -2.41. The molecule has 0 aromatic heterocycles. The van der Waals surface area contributed by atoms with Crippen LogP contribution in [0.5, 0.6) is 5.75 Å². The fourth-order valence-corrected chi connectivity index (χ4v) is 2.79. The molecule has 0 bridgehead atoms. The highest BCUT2D eigenvalue weighted by molar-refractivity contribution is 7.86. The number of hydrogen-bond donors (Lipinski definition) is 1. The van der Waals surface area contributed by atoms with Gasteiger partial charge < -0.3 is 9.64 Å². The normalized spacial score (nSPS) is 16.8. The van der Waals surface area contributed by atoms with Crippen LogP contribution in [0.4, 0.5) is 4.39 Å². The van der Waals surface area contributed by atoms with Crippen molar-refractivity contribution in [1.29, 1.82) is 0 Å². The third kappa shape index (κ3) is 3.49. The summed E-state index contributed by atoms with van der Waals surface area (Å²) < 4.78 is 41.7. The number of carbonyl (C=O) groups is 1. The first-order chi connectivity index (χ1) is 9.82. The lowest BCUT2D eigenvalue weighted by Gasteiger charge is -2.33. The van der Waals surface area contributed by atoms with Crippen molar-refractivity contribution in [3.05, 3.63) is 29.6 Å². The summed E-state index contributed by atoms with van der Waals surface area (Å²) in [4.78, 5) is 13.8. The summed E-state index contributed by atoms with van der Waals surface area (Å²) in [5, 5.41) is 5.03. The van der Waals surface area contributed by atoms with Gasteiger partial charge in [0.15, 0.2) is 11.6 Å². The molecule has 0 atom stereocenters. The van der Waals surface area contributed by atoms with Gasteiger partial charge in [0.1, 0.15) is 0 Å². The molecule has 1 aromatic rings. The van der Waals surface area contributed by atoms with Crippen LogP contribution in [0.25, 0.3) is 0 Å². The average molecular weight is 317 g/mol. The van der Waals surface area contributed by atoms with Crippen LogP contribution in [0.3, 0.4) is 0 Å². The summed E-state index contributed by atoms with van der Waals surface area (Å²) in [5.41, 5.74) is 0.289. The van der Waals surface area contributed by atoms with Gasteiger partial charge in [-0.1, -0.05) is 0 Å². The predicted octanol–water partition coefficient (Wildman–Crippen LogP) is -0.204. The van der Waals surface area contributed by atoms with Gasteiger partial charge in [-0.05, 0) is 18.2 Å². The molecule has 1 aliphatic heterocycles. The van der Waals surface area contributed by atoms with E-state index in [-0.39, 0.29) is 43.4 Å². The highest BCUT2D eigenvalue weighted by atomic mass is 32.2. The third-order valence-electron chi connectivity index (χ3n) is 3.28. The van der Waals surface area contributed by atoms with E-state index in [0.717, 1.165) is 10.4 Å². The van der Waals surface area contributed by atoms with E-state index >= 15 is 0 Å². The van der Waals surface area contributed by atoms with Crippen LogP contribution in [0.1, 0.15) is 10.4 Å². The quantitative estimate of drug-likeness (QED) is 0.835. The highest BCUT2D eigenvalue weighted by Gasteiger charge is 2.27. The summed E-state index contributed by atoms with van der Waals surface area (Å²) >= 11 is 0. The van der Waals surface area contributed by atoms with Gasteiger partial charge >= 0.3 is 0 Å². The van der Waals surface area contributed by atoms with Crippen molar-refractivity contribution in [3.8, 4) is 5.75 Å². The Bertz CT molecular complexity index is 642. The lowest BCUT2D eigenvalue weighted by Crippen LogP contribution is -2.52. The van der Waals surface area contributed by atoms with Crippen LogP contribution in [0.2, 0.25) is 0 Å². The van der Waals surface area contributed by atoms with Crippen molar-refractivity contribution in [2.24, 2.45) is 5.14 Å². The van der Waals surface area contributed by atoms with E-state index in [9.17, 15) is 17.6 Å². The first-order valence-corrected chi connectivity index (χ1v) is 7.74. The average Bonchev–Trinajstić information content (AvgIpc) is 2.46. The van der Waals surface area contributed by atoms with E-state index in [2.05, 4.69) is 0 Å². The standard InChI is InChI=1S/C12H16FN3O4S/c1-20-11-8-9(2-3-10(11)13)12(17)15-4-6-16(7-5-15)21(14,18)19/h2-3,8H,4-7H2,1H3,(H2,14,18,19). The Morgan fingerprint density at radius 3 is 2.43 bits per heavy atom. The number of benzene rings is 1. The van der Waals surface area contributed by atoms with Crippen molar-refractivity contribution in [1.82, 2.24) is 9.21 Å². The summed E-state index contributed by atoms with van der Waals surface area (Å²) in [6.07, 6.45) is 0. The molecular formula is C12H16FN3O4S. The van der Waals surface area contributed by atoms with Gasteiger partial charge in [-0.2, -0.15) is 12.7 Å². The zero-order valence-electron chi connectivity index (χ0n) is 11.5. The van der Waals surface area contributed by atoms with E-state index in [1.807, 2.05) is 0 Å². The Hall–Kier alpha value is -1.71. The van der Waals surface area contributed by atoms with Crippen LogP contribution in [0, 0.1) is 5.82 Å². The van der Waals surface area contributed by atoms with Gasteiger partial charge in [0.25, 0.3) is 16.1 Å². The first-order valence-electron chi connectivity index (χ1n) is 6.23. The van der Waals surface area contributed by atoms with Crippen LogP contribution in [0.15, 0.2) is 18.2 Å². The second kappa shape index (κ2) is 5.96. The summed E-state index contributed by atoms with van der Waals surface area (Å²) in [6.45, 7) is 0.746. The number of nitrogens with zero attached hydrogens (tertiary/aromatic N) is 2. The van der Waals surface area contributed by atoms with Crippen molar-refractivity contribution in [2.45, 2.75) is 0 Å². The summed E-state index contributed by atoms with van der Waals surface area (Å²) in [5.74, 6) is -0.862. The topological polar surface area (TPSA) is 92.9 Å². The Balaban J connectivity index is 2.09. The minimum Gasteiger partial charge on any atom is -0.494 e. The number of hydrogen-bond acceptors (Lipinski definition) is 4. The highest BCUT2D eigenvalue weighted by Crippen LogP contribution is 2.20. The molecule has 116 valence electrons. The molecule has 0 unspecified atom stereocenters. The van der Waals surface area contributed by atoms with Gasteiger partial charge in [-0.3, -0.25) is 4.79 Å². The molecule has 1 heterocycles. The van der Waals surface area contributed by atoms with Crippen LogP contribution >= 0.6 is 0 Å². The molecule has 1 aromatic carbocycles. The van der Waals surface area contributed by atoms with Gasteiger partial charge in [0.2, 0.25) is 0 Å². The second-order valence-corrected chi connectivity index (χ2v) is 6.13. The molecule has 2 rings (SSSR count). The van der Waals surface area contributed by atoms with Crippen molar-refractivity contribution in [3.63, 3.8) is 0 Å². The van der Waals surface area contributed by atoms with Crippen LogP contribution in [-0.2, 0) is 10.2 Å². The number of halogens is 1. The molecule has 1 amide bonds. The molecule has 1 fully saturated rings. The van der Waals surface area contributed by atoms with Gasteiger partial charge in [-0.25, -0.2) is 9.53 Å². The van der Waals surface area contributed by atoms with Crippen molar-refractivity contribution >= 4 is 16.1 Å². The Morgan fingerprint density at radius 1 is 1.29 bits per heavy atom. The Labute approximate surface area is 122 Å². The fourth-order valence-electron chi connectivity index (χ4n) is 2.12. The van der Waals surface area contributed by atoms with Gasteiger partial charge in [0.05, 0.1) is 7.11 Å². The summed E-state index contributed by atoms with van der Waals surface area (Å²) in [6, 6.07) is 3.85. The zero-order valence-corrected chi connectivity index (χ0v) is 12.3. The maximum atomic E-state index is 13.3.